The van der Waals surface area contributed by atoms with Gasteiger partial charge in [0.25, 0.3) is 5.95 Å². The summed E-state index contributed by atoms with van der Waals surface area (Å²) in [7, 11) is 0. The lowest BCUT2D eigenvalue weighted by molar-refractivity contribution is -0.120. The smallest absolute Gasteiger partial charge is 0.251 e. The number of rotatable bonds is 7. The van der Waals surface area contributed by atoms with E-state index >= 15 is 0 Å². The fourth-order valence-electron chi connectivity index (χ4n) is 4.04. The van der Waals surface area contributed by atoms with Crippen LogP contribution in [0.15, 0.2) is 6.07 Å². The summed E-state index contributed by atoms with van der Waals surface area (Å²) in [5.41, 5.74) is 4.54. The Hall–Kier alpha value is -2.28. The molecule has 3 heterocycles. The first-order valence-electron chi connectivity index (χ1n) is 10.8. The Morgan fingerprint density at radius 3 is 2.34 bits per heavy atom. The van der Waals surface area contributed by atoms with Crippen LogP contribution in [-0.4, -0.2) is 56.7 Å². The van der Waals surface area contributed by atoms with E-state index in [4.69, 9.17) is 0 Å². The first-order valence-corrected chi connectivity index (χ1v) is 10.8. The van der Waals surface area contributed by atoms with Gasteiger partial charge in [0.1, 0.15) is 0 Å². The van der Waals surface area contributed by atoms with Crippen molar-refractivity contribution >= 4 is 5.91 Å². The van der Waals surface area contributed by atoms with E-state index < -0.39 is 0 Å². The van der Waals surface area contributed by atoms with E-state index in [9.17, 15) is 4.79 Å². The van der Waals surface area contributed by atoms with Gasteiger partial charge in [-0.3, -0.25) is 4.79 Å². The van der Waals surface area contributed by atoms with Gasteiger partial charge < -0.3 is 10.2 Å². The highest BCUT2D eigenvalue weighted by molar-refractivity contribution is 5.79. The van der Waals surface area contributed by atoms with Crippen LogP contribution in [0.25, 0.3) is 5.95 Å². The van der Waals surface area contributed by atoms with Gasteiger partial charge in [0, 0.05) is 29.2 Å². The number of carbonyl (C=O) groups is 1. The Kier molecular flexibility index (Phi) is 7.36. The number of carbonyl (C=O) groups excluding carboxylic acids is 1. The molecule has 0 aliphatic carbocycles. The van der Waals surface area contributed by atoms with Crippen molar-refractivity contribution in [3.8, 4) is 5.95 Å². The van der Waals surface area contributed by atoms with Crippen molar-refractivity contribution in [1.29, 1.82) is 0 Å². The molecule has 1 fully saturated rings. The second kappa shape index (κ2) is 9.96. The molecule has 0 atom stereocenters. The summed E-state index contributed by atoms with van der Waals surface area (Å²) in [6, 6.07) is 1.94. The summed E-state index contributed by atoms with van der Waals surface area (Å²) in [6.45, 7) is 12.0. The van der Waals surface area contributed by atoms with E-state index in [0.29, 0.717) is 12.4 Å². The zero-order valence-corrected chi connectivity index (χ0v) is 18.3. The highest BCUT2D eigenvalue weighted by Crippen LogP contribution is 2.17. The Morgan fingerprint density at radius 2 is 1.69 bits per heavy atom. The Bertz CT molecular complexity index is 816. The standard InChI is InChI=1S/C22H34N6O/c1-16-14-17(2)25-22(24-16)28-19(4)20(18(3)26-28)15-21(29)23-10-9-13-27-11-7-5-6-8-12-27/h14H,5-13,15H2,1-4H3,(H,23,29). The summed E-state index contributed by atoms with van der Waals surface area (Å²) in [4.78, 5) is 24.0. The minimum Gasteiger partial charge on any atom is -0.356 e. The number of nitrogens with zero attached hydrogens (tertiary/aromatic N) is 5. The predicted octanol–water partition coefficient (Wildman–Crippen LogP) is 2.82. The van der Waals surface area contributed by atoms with E-state index in [-0.39, 0.29) is 5.91 Å². The summed E-state index contributed by atoms with van der Waals surface area (Å²) < 4.78 is 1.75. The number of hydrogen-bond acceptors (Lipinski definition) is 5. The zero-order chi connectivity index (χ0) is 20.8. The largest absolute Gasteiger partial charge is 0.356 e. The maximum atomic E-state index is 12.5. The van der Waals surface area contributed by atoms with Crippen LogP contribution in [0.3, 0.4) is 0 Å². The Labute approximate surface area is 173 Å². The number of nitrogens with one attached hydrogen (secondary N) is 1. The van der Waals surface area contributed by atoms with Crippen LogP contribution >= 0.6 is 0 Å². The van der Waals surface area contributed by atoms with E-state index in [1.165, 1.54) is 38.8 Å². The molecular formula is C22H34N6O. The fourth-order valence-corrected chi connectivity index (χ4v) is 4.04. The molecule has 1 aliphatic heterocycles. The summed E-state index contributed by atoms with van der Waals surface area (Å²) in [5, 5.41) is 7.66. The molecule has 0 aromatic carbocycles. The van der Waals surface area contributed by atoms with E-state index in [1.54, 1.807) is 4.68 Å². The monoisotopic (exact) mass is 398 g/mol. The van der Waals surface area contributed by atoms with Gasteiger partial charge in [-0.15, -0.1) is 0 Å². The van der Waals surface area contributed by atoms with Crippen molar-refractivity contribution in [1.82, 2.24) is 30.0 Å². The average molecular weight is 399 g/mol. The molecule has 0 saturated carbocycles. The van der Waals surface area contributed by atoms with Crippen LogP contribution in [0, 0.1) is 27.7 Å². The highest BCUT2D eigenvalue weighted by Gasteiger charge is 2.17. The molecule has 1 aliphatic rings. The molecule has 29 heavy (non-hydrogen) atoms. The second-order valence-corrected chi connectivity index (χ2v) is 8.15. The quantitative estimate of drug-likeness (QED) is 0.726. The second-order valence-electron chi connectivity index (χ2n) is 8.15. The minimum absolute atomic E-state index is 0.0490. The van der Waals surface area contributed by atoms with Gasteiger partial charge in [-0.05, 0) is 72.7 Å². The molecule has 0 radical (unpaired) electrons. The van der Waals surface area contributed by atoms with Crippen LogP contribution in [0.1, 0.15) is 60.4 Å². The van der Waals surface area contributed by atoms with E-state index in [0.717, 1.165) is 47.8 Å². The van der Waals surface area contributed by atoms with Crippen molar-refractivity contribution < 1.29 is 4.79 Å². The first kappa shape index (κ1) is 21.4. The van der Waals surface area contributed by atoms with Crippen LogP contribution in [0.2, 0.25) is 0 Å². The number of aromatic nitrogens is 4. The molecular weight excluding hydrogens is 364 g/mol. The van der Waals surface area contributed by atoms with E-state index in [2.05, 4.69) is 25.3 Å². The topological polar surface area (TPSA) is 75.9 Å². The molecule has 0 unspecified atom stereocenters. The number of aryl methyl sites for hydroxylation is 3. The lowest BCUT2D eigenvalue weighted by atomic mass is 10.1. The maximum Gasteiger partial charge on any atom is 0.251 e. The number of likely N-dealkylation sites (tertiary alicyclic amines) is 1. The Balaban J connectivity index is 1.54. The van der Waals surface area contributed by atoms with Gasteiger partial charge in [-0.25, -0.2) is 14.6 Å². The molecule has 1 amide bonds. The van der Waals surface area contributed by atoms with Crippen LogP contribution in [-0.2, 0) is 11.2 Å². The minimum atomic E-state index is 0.0490. The zero-order valence-electron chi connectivity index (χ0n) is 18.3. The van der Waals surface area contributed by atoms with Gasteiger partial charge in [0.15, 0.2) is 0 Å². The van der Waals surface area contributed by atoms with Crippen molar-refractivity contribution in [2.24, 2.45) is 0 Å². The summed E-state index contributed by atoms with van der Waals surface area (Å²) in [6.07, 6.45) is 6.66. The lowest BCUT2D eigenvalue weighted by Crippen LogP contribution is -2.31. The number of amides is 1. The molecule has 0 bridgehead atoms. The molecule has 158 valence electrons. The Morgan fingerprint density at radius 1 is 1.03 bits per heavy atom. The molecule has 0 spiro atoms. The van der Waals surface area contributed by atoms with Crippen LogP contribution in [0.5, 0.6) is 0 Å². The predicted molar refractivity (Wildman–Crippen MR) is 114 cm³/mol. The molecule has 2 aromatic rings. The molecule has 1 saturated heterocycles. The number of hydrogen-bond donors (Lipinski definition) is 1. The maximum absolute atomic E-state index is 12.5. The van der Waals surface area contributed by atoms with Crippen molar-refractivity contribution in [2.45, 2.75) is 66.2 Å². The molecule has 7 heteroatoms. The summed E-state index contributed by atoms with van der Waals surface area (Å²) >= 11 is 0. The molecule has 2 aromatic heterocycles. The SMILES string of the molecule is Cc1cc(C)nc(-n2nc(C)c(CC(=O)NCCCN3CCCCCC3)c2C)n1. The third kappa shape index (κ3) is 5.85. The van der Waals surface area contributed by atoms with Crippen molar-refractivity contribution in [3.05, 3.63) is 34.4 Å². The lowest BCUT2D eigenvalue weighted by Gasteiger charge is -2.19. The van der Waals surface area contributed by atoms with Gasteiger partial charge in [-0.1, -0.05) is 12.8 Å². The molecule has 3 rings (SSSR count). The normalized spacial score (nSPS) is 15.3. The van der Waals surface area contributed by atoms with E-state index in [1.807, 2.05) is 33.8 Å². The van der Waals surface area contributed by atoms with Crippen LogP contribution < -0.4 is 5.32 Å². The van der Waals surface area contributed by atoms with Crippen molar-refractivity contribution in [3.63, 3.8) is 0 Å². The van der Waals surface area contributed by atoms with Gasteiger partial charge in [-0.2, -0.15) is 5.10 Å². The first-order chi connectivity index (χ1) is 13.9. The summed E-state index contributed by atoms with van der Waals surface area (Å²) in [5.74, 6) is 0.611. The molecule has 1 N–H and O–H groups in total. The van der Waals surface area contributed by atoms with Gasteiger partial charge >= 0.3 is 0 Å². The highest BCUT2D eigenvalue weighted by atomic mass is 16.1. The van der Waals surface area contributed by atoms with Crippen LogP contribution in [0.4, 0.5) is 0 Å². The van der Waals surface area contributed by atoms with Gasteiger partial charge in [0.05, 0.1) is 12.1 Å². The third-order valence-electron chi connectivity index (χ3n) is 5.61. The third-order valence-corrected chi connectivity index (χ3v) is 5.61. The average Bonchev–Trinajstić information content (AvgIpc) is 2.85. The van der Waals surface area contributed by atoms with Crippen molar-refractivity contribution in [2.75, 3.05) is 26.2 Å². The fraction of sp³-hybridized carbons (Fsp3) is 0.636. The van der Waals surface area contributed by atoms with Gasteiger partial charge in [0.2, 0.25) is 5.91 Å². The molecule has 7 nitrogen and oxygen atoms in total.